The quantitative estimate of drug-likeness (QED) is 0.361. The van der Waals surface area contributed by atoms with Gasteiger partial charge in [0, 0.05) is 24.9 Å². The van der Waals surface area contributed by atoms with Crippen LogP contribution < -0.4 is 11.1 Å². The zero-order valence-corrected chi connectivity index (χ0v) is 13.9. The molecule has 26 heavy (non-hydrogen) atoms. The molecular formula is C15H21N5O6. The van der Waals surface area contributed by atoms with Gasteiger partial charge in [-0.3, -0.25) is 14.4 Å². The minimum atomic E-state index is -1.32. The minimum Gasteiger partial charge on any atom is -0.481 e. The number of rotatable bonds is 8. The molecule has 3 atom stereocenters. The molecule has 0 aromatic carbocycles. The molecule has 11 nitrogen and oxygen atoms in total. The van der Waals surface area contributed by atoms with Crippen molar-refractivity contribution in [3.05, 3.63) is 18.2 Å². The van der Waals surface area contributed by atoms with Gasteiger partial charge < -0.3 is 31.1 Å². The van der Waals surface area contributed by atoms with Gasteiger partial charge in [-0.1, -0.05) is 0 Å². The monoisotopic (exact) mass is 367 g/mol. The Bertz CT molecular complexity index is 676. The lowest BCUT2D eigenvalue weighted by Crippen LogP contribution is -2.55. The first-order valence-electron chi connectivity index (χ1n) is 8.08. The van der Waals surface area contributed by atoms with E-state index in [9.17, 15) is 24.3 Å². The van der Waals surface area contributed by atoms with Crippen molar-refractivity contribution in [3.63, 3.8) is 0 Å². The summed E-state index contributed by atoms with van der Waals surface area (Å²) in [5.74, 6) is -3.70. The number of likely N-dealkylation sites (tertiary alicyclic amines) is 1. The molecule has 0 saturated carbocycles. The van der Waals surface area contributed by atoms with Gasteiger partial charge in [0.15, 0.2) is 0 Å². The van der Waals surface area contributed by atoms with Crippen molar-refractivity contribution in [1.82, 2.24) is 20.2 Å². The molecule has 0 spiro atoms. The minimum absolute atomic E-state index is 0.0488. The Morgan fingerprint density at radius 2 is 2.12 bits per heavy atom. The predicted octanol–water partition coefficient (Wildman–Crippen LogP) is -1.69. The van der Waals surface area contributed by atoms with Crippen LogP contribution in [0.3, 0.4) is 0 Å². The number of carboxylic acids is 2. The van der Waals surface area contributed by atoms with Crippen molar-refractivity contribution >= 4 is 23.8 Å². The third-order valence-corrected chi connectivity index (χ3v) is 4.15. The molecule has 11 heteroatoms. The number of carboxylic acid groups (broad SMARTS) is 2. The number of nitrogens with one attached hydrogen (secondary N) is 2. The highest BCUT2D eigenvalue weighted by Crippen LogP contribution is 2.19. The maximum atomic E-state index is 12.8. The first-order chi connectivity index (χ1) is 12.3. The van der Waals surface area contributed by atoms with Crippen LogP contribution in [0.4, 0.5) is 0 Å². The van der Waals surface area contributed by atoms with Gasteiger partial charge in [-0.05, 0) is 12.8 Å². The van der Waals surface area contributed by atoms with Crippen molar-refractivity contribution < 1.29 is 29.4 Å². The molecule has 1 aromatic rings. The number of aromatic nitrogens is 2. The Kier molecular flexibility index (Phi) is 6.28. The number of aliphatic carboxylic acids is 2. The van der Waals surface area contributed by atoms with Gasteiger partial charge in [-0.25, -0.2) is 9.78 Å². The fourth-order valence-corrected chi connectivity index (χ4v) is 2.86. The molecule has 2 heterocycles. The molecule has 2 amide bonds. The van der Waals surface area contributed by atoms with E-state index < -0.39 is 48.3 Å². The van der Waals surface area contributed by atoms with E-state index in [-0.39, 0.29) is 13.0 Å². The molecule has 0 unspecified atom stereocenters. The van der Waals surface area contributed by atoms with Crippen LogP contribution in [0.1, 0.15) is 25.0 Å². The average molecular weight is 367 g/mol. The summed E-state index contributed by atoms with van der Waals surface area (Å²) >= 11 is 0. The van der Waals surface area contributed by atoms with E-state index in [0.717, 1.165) is 0 Å². The standard InChI is InChI=1S/C15H21N5O6/c16-9(5-12(21)22)13(23)19-10(4-8-6-17-7-18-8)14(24)20-3-1-2-11(20)15(25)26/h6-7,9-11H,1-5,16H2,(H,17,18)(H,19,23)(H,21,22)(H,25,26)/t9-,10-,11+/m0/s1. The summed E-state index contributed by atoms with van der Waals surface area (Å²) in [5, 5.41) is 20.4. The summed E-state index contributed by atoms with van der Waals surface area (Å²) < 4.78 is 0. The number of hydrogen-bond donors (Lipinski definition) is 5. The molecule has 1 aromatic heterocycles. The summed E-state index contributed by atoms with van der Waals surface area (Å²) in [4.78, 5) is 54.9. The van der Waals surface area contributed by atoms with E-state index in [0.29, 0.717) is 18.5 Å². The highest BCUT2D eigenvalue weighted by atomic mass is 16.4. The molecule has 2 rings (SSSR count). The lowest BCUT2D eigenvalue weighted by atomic mass is 10.1. The van der Waals surface area contributed by atoms with Gasteiger partial charge in [0.2, 0.25) is 11.8 Å². The Labute approximate surface area is 148 Å². The number of carbonyl (C=O) groups excluding carboxylic acids is 2. The molecule has 0 aliphatic carbocycles. The number of carbonyl (C=O) groups is 4. The third kappa shape index (κ3) is 4.79. The fourth-order valence-electron chi connectivity index (χ4n) is 2.86. The van der Waals surface area contributed by atoms with Crippen LogP contribution in [0, 0.1) is 0 Å². The van der Waals surface area contributed by atoms with Crippen LogP contribution in [-0.4, -0.2) is 73.5 Å². The SMILES string of the molecule is N[C@@H](CC(=O)O)C(=O)N[C@@H](Cc1cnc[nH]1)C(=O)N1CCC[C@@H]1C(=O)O. The molecule has 142 valence electrons. The second kappa shape index (κ2) is 8.43. The molecule has 1 aliphatic rings. The zero-order valence-electron chi connectivity index (χ0n) is 13.9. The van der Waals surface area contributed by atoms with Crippen LogP contribution in [0.2, 0.25) is 0 Å². The predicted molar refractivity (Wildman–Crippen MR) is 86.8 cm³/mol. The summed E-state index contributed by atoms with van der Waals surface area (Å²) in [5.41, 5.74) is 6.09. The number of nitrogens with two attached hydrogens (primary N) is 1. The Morgan fingerprint density at radius 3 is 2.69 bits per heavy atom. The van der Waals surface area contributed by atoms with E-state index >= 15 is 0 Å². The first-order valence-corrected chi connectivity index (χ1v) is 8.08. The second-order valence-electron chi connectivity index (χ2n) is 6.07. The lowest BCUT2D eigenvalue weighted by molar-refractivity contribution is -0.149. The van der Waals surface area contributed by atoms with E-state index in [2.05, 4.69) is 15.3 Å². The maximum Gasteiger partial charge on any atom is 0.326 e. The number of aromatic amines is 1. The number of H-pyrrole nitrogens is 1. The highest BCUT2D eigenvalue weighted by molar-refractivity contribution is 5.93. The van der Waals surface area contributed by atoms with E-state index in [4.69, 9.17) is 10.8 Å². The van der Waals surface area contributed by atoms with Gasteiger partial charge in [0.1, 0.15) is 12.1 Å². The van der Waals surface area contributed by atoms with Crippen molar-refractivity contribution in [1.29, 1.82) is 0 Å². The normalized spacial score (nSPS) is 19.0. The van der Waals surface area contributed by atoms with Crippen LogP contribution >= 0.6 is 0 Å². The second-order valence-corrected chi connectivity index (χ2v) is 6.07. The zero-order chi connectivity index (χ0) is 19.3. The summed E-state index contributed by atoms with van der Waals surface area (Å²) in [6.45, 7) is 0.270. The van der Waals surface area contributed by atoms with Crippen LogP contribution in [0.5, 0.6) is 0 Å². The van der Waals surface area contributed by atoms with Crippen molar-refractivity contribution in [2.45, 2.75) is 43.8 Å². The van der Waals surface area contributed by atoms with Crippen molar-refractivity contribution in [2.75, 3.05) is 6.54 Å². The molecule has 0 radical (unpaired) electrons. The average Bonchev–Trinajstić information content (AvgIpc) is 3.24. The van der Waals surface area contributed by atoms with Gasteiger partial charge in [0.05, 0.1) is 18.8 Å². The molecule has 1 fully saturated rings. The number of hydrogen-bond acceptors (Lipinski definition) is 6. The third-order valence-electron chi connectivity index (χ3n) is 4.15. The van der Waals surface area contributed by atoms with Gasteiger partial charge in [0.25, 0.3) is 0 Å². The van der Waals surface area contributed by atoms with Crippen LogP contribution in [0.25, 0.3) is 0 Å². The molecule has 1 aliphatic heterocycles. The molecular weight excluding hydrogens is 346 g/mol. The number of amides is 2. The van der Waals surface area contributed by atoms with Crippen LogP contribution in [0.15, 0.2) is 12.5 Å². The first kappa shape index (κ1) is 19.4. The van der Waals surface area contributed by atoms with E-state index in [1.165, 1.54) is 17.4 Å². The summed E-state index contributed by atoms with van der Waals surface area (Å²) in [6.07, 6.45) is 3.23. The van der Waals surface area contributed by atoms with Gasteiger partial charge in [-0.15, -0.1) is 0 Å². The van der Waals surface area contributed by atoms with E-state index in [1.54, 1.807) is 0 Å². The van der Waals surface area contributed by atoms with Gasteiger partial charge >= 0.3 is 11.9 Å². The smallest absolute Gasteiger partial charge is 0.326 e. The summed E-state index contributed by atoms with van der Waals surface area (Å²) in [7, 11) is 0. The summed E-state index contributed by atoms with van der Waals surface area (Å²) in [6, 6.07) is -3.35. The van der Waals surface area contributed by atoms with Crippen molar-refractivity contribution in [2.24, 2.45) is 5.73 Å². The molecule has 0 bridgehead atoms. The highest BCUT2D eigenvalue weighted by Gasteiger charge is 2.38. The Hall–Kier alpha value is -2.95. The number of nitrogens with zero attached hydrogens (tertiary/aromatic N) is 2. The van der Waals surface area contributed by atoms with Crippen molar-refractivity contribution in [3.8, 4) is 0 Å². The van der Waals surface area contributed by atoms with Crippen LogP contribution in [-0.2, 0) is 25.6 Å². The molecule has 1 saturated heterocycles. The van der Waals surface area contributed by atoms with E-state index in [1.807, 2.05) is 0 Å². The maximum absolute atomic E-state index is 12.8. The molecule has 6 N–H and O–H groups in total. The van der Waals surface area contributed by atoms with Gasteiger partial charge in [-0.2, -0.15) is 0 Å². The lowest BCUT2D eigenvalue weighted by Gasteiger charge is -2.27. The fraction of sp³-hybridized carbons (Fsp3) is 0.533. The topological polar surface area (TPSA) is 179 Å². The Morgan fingerprint density at radius 1 is 1.38 bits per heavy atom. The Balaban J connectivity index is 2.15. The number of imidazole rings is 1. The largest absolute Gasteiger partial charge is 0.481 e.